The fraction of sp³-hybridized carbons (Fsp3) is 0.333. The zero-order valence-corrected chi connectivity index (χ0v) is 14.9. The van der Waals surface area contributed by atoms with E-state index < -0.39 is 17.5 Å². The maximum absolute atomic E-state index is 12.2. The van der Waals surface area contributed by atoms with E-state index >= 15 is 0 Å². The molecule has 0 spiro atoms. The molecule has 1 aromatic heterocycles. The van der Waals surface area contributed by atoms with Gasteiger partial charge in [-0.1, -0.05) is 0 Å². The zero-order valence-electron chi connectivity index (χ0n) is 14.9. The van der Waals surface area contributed by atoms with Crippen LogP contribution in [0.3, 0.4) is 0 Å². The smallest absolute Gasteiger partial charge is 0.321 e. The van der Waals surface area contributed by atoms with Crippen molar-refractivity contribution >= 4 is 17.7 Å². The predicted molar refractivity (Wildman–Crippen MR) is 96.4 cm³/mol. The molecule has 8 heteroatoms. The number of hydrogen-bond donors (Lipinski definition) is 3. The summed E-state index contributed by atoms with van der Waals surface area (Å²) in [5, 5.41) is 14.3. The Bertz CT molecular complexity index is 778. The molecule has 2 aromatic rings. The minimum absolute atomic E-state index is 0.0140. The van der Waals surface area contributed by atoms with Crippen LogP contribution in [0.4, 0.5) is 10.5 Å². The highest BCUT2D eigenvalue weighted by Gasteiger charge is 2.21. The van der Waals surface area contributed by atoms with E-state index in [2.05, 4.69) is 20.6 Å². The molecule has 0 unspecified atom stereocenters. The minimum Gasteiger partial charge on any atom is -0.481 e. The van der Waals surface area contributed by atoms with Gasteiger partial charge in [0, 0.05) is 30.0 Å². The largest absolute Gasteiger partial charge is 0.481 e. The van der Waals surface area contributed by atoms with E-state index in [4.69, 9.17) is 9.84 Å². The number of anilines is 1. The fourth-order valence-electron chi connectivity index (χ4n) is 2.23. The number of amides is 2. The highest BCUT2D eigenvalue weighted by molar-refractivity contribution is 5.90. The van der Waals surface area contributed by atoms with Crippen LogP contribution in [0.25, 0.3) is 0 Å². The van der Waals surface area contributed by atoms with Gasteiger partial charge in [-0.25, -0.2) is 14.8 Å². The Morgan fingerprint density at radius 3 is 2.54 bits per heavy atom. The molecule has 2 amide bonds. The molecule has 0 aliphatic carbocycles. The number of nitrogens with one attached hydrogen (secondary N) is 2. The highest BCUT2D eigenvalue weighted by atomic mass is 16.5. The average Bonchev–Trinajstić information content (AvgIpc) is 2.56. The number of ether oxygens (including phenoxy) is 1. The maximum Gasteiger partial charge on any atom is 0.321 e. The van der Waals surface area contributed by atoms with Crippen LogP contribution in [0.5, 0.6) is 11.8 Å². The third-order valence-corrected chi connectivity index (χ3v) is 3.61. The molecule has 0 aliphatic heterocycles. The average molecular weight is 358 g/mol. The van der Waals surface area contributed by atoms with Gasteiger partial charge in [-0.2, -0.15) is 0 Å². The lowest BCUT2D eigenvalue weighted by Gasteiger charge is -2.26. The van der Waals surface area contributed by atoms with E-state index in [0.29, 0.717) is 17.9 Å². The Kier molecular flexibility index (Phi) is 6.11. The van der Waals surface area contributed by atoms with E-state index in [9.17, 15) is 9.59 Å². The summed E-state index contributed by atoms with van der Waals surface area (Å²) in [5.41, 5.74) is 0.791. The number of aromatic nitrogens is 2. The molecule has 26 heavy (non-hydrogen) atoms. The van der Waals surface area contributed by atoms with Crippen LogP contribution in [0, 0.1) is 6.92 Å². The first-order valence-electron chi connectivity index (χ1n) is 8.12. The van der Waals surface area contributed by atoms with Gasteiger partial charge in [0.25, 0.3) is 0 Å². The van der Waals surface area contributed by atoms with Crippen molar-refractivity contribution in [1.29, 1.82) is 0 Å². The summed E-state index contributed by atoms with van der Waals surface area (Å²) in [6.07, 6.45) is 3.49. The van der Waals surface area contributed by atoms with Crippen molar-refractivity contribution in [2.75, 3.05) is 5.32 Å². The van der Waals surface area contributed by atoms with Crippen molar-refractivity contribution in [3.63, 3.8) is 0 Å². The van der Waals surface area contributed by atoms with E-state index in [1.165, 1.54) is 0 Å². The quantitative estimate of drug-likeness (QED) is 0.699. The maximum atomic E-state index is 12.2. The van der Waals surface area contributed by atoms with Crippen LogP contribution in [0.2, 0.25) is 0 Å². The lowest BCUT2D eigenvalue weighted by Crippen LogP contribution is -2.45. The van der Waals surface area contributed by atoms with Crippen molar-refractivity contribution < 1.29 is 19.4 Å². The molecule has 0 aliphatic rings. The summed E-state index contributed by atoms with van der Waals surface area (Å²) < 4.78 is 5.55. The van der Waals surface area contributed by atoms with Crippen molar-refractivity contribution in [2.24, 2.45) is 0 Å². The lowest BCUT2D eigenvalue weighted by molar-refractivity contribution is -0.137. The molecule has 0 atom stereocenters. The van der Waals surface area contributed by atoms with E-state index in [1.807, 2.05) is 6.92 Å². The number of carbonyl (C=O) groups is 2. The molecule has 2 rings (SSSR count). The van der Waals surface area contributed by atoms with Gasteiger partial charge < -0.3 is 20.5 Å². The van der Waals surface area contributed by atoms with Gasteiger partial charge in [0.1, 0.15) is 5.75 Å². The number of benzene rings is 1. The van der Waals surface area contributed by atoms with E-state index in [1.54, 1.807) is 50.5 Å². The molecule has 0 bridgehead atoms. The second kappa shape index (κ2) is 8.28. The second-order valence-corrected chi connectivity index (χ2v) is 6.47. The first kappa shape index (κ1) is 19.2. The van der Waals surface area contributed by atoms with Gasteiger partial charge in [0.05, 0.1) is 0 Å². The number of carbonyl (C=O) groups excluding carboxylic acids is 1. The van der Waals surface area contributed by atoms with E-state index in [-0.39, 0.29) is 12.4 Å². The van der Waals surface area contributed by atoms with Crippen molar-refractivity contribution in [3.05, 3.63) is 42.2 Å². The van der Waals surface area contributed by atoms with Gasteiger partial charge in [0.2, 0.25) is 0 Å². The number of aliphatic carboxylic acids is 1. The lowest BCUT2D eigenvalue weighted by atomic mass is 9.99. The van der Waals surface area contributed by atoms with Crippen molar-refractivity contribution in [1.82, 2.24) is 15.3 Å². The van der Waals surface area contributed by atoms with E-state index in [0.717, 1.165) is 5.56 Å². The molecular formula is C18H22N4O4. The third-order valence-electron chi connectivity index (χ3n) is 3.61. The molecule has 0 saturated heterocycles. The number of carboxylic acid groups (broad SMARTS) is 1. The van der Waals surface area contributed by atoms with Crippen molar-refractivity contribution in [2.45, 2.75) is 39.2 Å². The van der Waals surface area contributed by atoms with Gasteiger partial charge >= 0.3 is 18.0 Å². The summed E-state index contributed by atoms with van der Waals surface area (Å²) in [6.45, 7) is 5.39. The SMILES string of the molecule is Cc1cc(Oc2ncccn2)ccc1NC(=O)NC(C)(C)CCC(=O)O. The molecule has 8 nitrogen and oxygen atoms in total. The summed E-state index contributed by atoms with van der Waals surface area (Å²) in [4.78, 5) is 30.8. The zero-order chi connectivity index (χ0) is 19.2. The summed E-state index contributed by atoms with van der Waals surface area (Å²) >= 11 is 0. The number of carboxylic acids is 1. The number of rotatable bonds is 7. The molecule has 0 saturated carbocycles. The predicted octanol–water partition coefficient (Wildman–Crippen LogP) is 3.34. The molecule has 3 N–H and O–H groups in total. The molecule has 138 valence electrons. The molecular weight excluding hydrogens is 336 g/mol. The Hall–Kier alpha value is -3.16. The van der Waals surface area contributed by atoms with Gasteiger partial charge in [-0.15, -0.1) is 0 Å². The topological polar surface area (TPSA) is 113 Å². The van der Waals surface area contributed by atoms with Crippen LogP contribution in [-0.2, 0) is 4.79 Å². The minimum atomic E-state index is -0.894. The van der Waals surface area contributed by atoms with Crippen LogP contribution in [0.15, 0.2) is 36.7 Å². The standard InChI is InChI=1S/C18H22N4O4/c1-12-11-13(26-17-19-9-4-10-20-17)5-6-14(12)21-16(25)22-18(2,3)8-7-15(23)24/h4-6,9-11H,7-8H2,1-3H3,(H,23,24)(H2,21,22,25). The van der Waals surface area contributed by atoms with Gasteiger partial charge in [-0.05, 0) is 57.0 Å². The number of urea groups is 1. The first-order valence-corrected chi connectivity index (χ1v) is 8.12. The number of aryl methyl sites for hydroxylation is 1. The normalized spacial score (nSPS) is 10.9. The Morgan fingerprint density at radius 2 is 1.92 bits per heavy atom. The summed E-state index contributed by atoms with van der Waals surface area (Å²) in [5.74, 6) is -0.337. The number of nitrogens with zero attached hydrogens (tertiary/aromatic N) is 2. The second-order valence-electron chi connectivity index (χ2n) is 6.47. The Morgan fingerprint density at radius 1 is 1.23 bits per heavy atom. The Balaban J connectivity index is 1.96. The summed E-state index contributed by atoms with van der Waals surface area (Å²) in [7, 11) is 0. The van der Waals surface area contributed by atoms with Gasteiger partial charge in [-0.3, -0.25) is 4.79 Å². The first-order chi connectivity index (χ1) is 12.2. The monoisotopic (exact) mass is 358 g/mol. The summed E-state index contributed by atoms with van der Waals surface area (Å²) in [6, 6.07) is 6.73. The van der Waals surface area contributed by atoms with Crippen LogP contribution in [0.1, 0.15) is 32.3 Å². The molecule has 1 heterocycles. The fourth-order valence-corrected chi connectivity index (χ4v) is 2.23. The molecule has 0 fully saturated rings. The van der Waals surface area contributed by atoms with Crippen LogP contribution >= 0.6 is 0 Å². The Labute approximate surface area is 151 Å². The van der Waals surface area contributed by atoms with Gasteiger partial charge in [0.15, 0.2) is 0 Å². The molecule has 0 radical (unpaired) electrons. The third kappa shape index (κ3) is 6.04. The van der Waals surface area contributed by atoms with Crippen LogP contribution in [-0.4, -0.2) is 32.6 Å². The highest BCUT2D eigenvalue weighted by Crippen LogP contribution is 2.24. The number of hydrogen-bond acceptors (Lipinski definition) is 5. The van der Waals surface area contributed by atoms with Crippen molar-refractivity contribution in [3.8, 4) is 11.8 Å². The van der Waals surface area contributed by atoms with Crippen LogP contribution < -0.4 is 15.4 Å². The molecule has 1 aromatic carbocycles.